The Morgan fingerprint density at radius 1 is 1.38 bits per heavy atom. The first-order valence-electron chi connectivity index (χ1n) is 7.21. The molecule has 130 valence electrons. The van der Waals surface area contributed by atoms with E-state index in [2.05, 4.69) is 20.2 Å². The normalized spacial score (nSPS) is 11.6. The highest BCUT2D eigenvalue weighted by molar-refractivity contribution is 5.94. The summed E-state index contributed by atoms with van der Waals surface area (Å²) < 4.78 is 45.3. The molecule has 0 spiro atoms. The van der Waals surface area contributed by atoms with Gasteiger partial charge in [0.2, 0.25) is 5.89 Å². The van der Waals surface area contributed by atoms with E-state index in [1.54, 1.807) is 0 Å². The Morgan fingerprint density at radius 2 is 2.12 bits per heavy atom. The molecule has 1 amide bonds. The molecule has 0 unspecified atom stereocenters. The van der Waals surface area contributed by atoms with Crippen molar-refractivity contribution in [3.8, 4) is 5.75 Å². The zero-order valence-corrected chi connectivity index (χ0v) is 13.1. The summed E-state index contributed by atoms with van der Waals surface area (Å²) in [5.74, 6) is 0.120. The second-order valence-corrected chi connectivity index (χ2v) is 5.28. The van der Waals surface area contributed by atoms with Gasteiger partial charge in [0.25, 0.3) is 5.91 Å². The van der Waals surface area contributed by atoms with Crippen LogP contribution < -0.4 is 10.1 Å². The van der Waals surface area contributed by atoms with Crippen LogP contribution in [0.1, 0.15) is 41.8 Å². The van der Waals surface area contributed by atoms with Crippen molar-refractivity contribution in [3.05, 3.63) is 41.5 Å². The van der Waals surface area contributed by atoms with Crippen LogP contribution in [0.15, 0.2) is 28.8 Å². The van der Waals surface area contributed by atoms with Crippen LogP contribution in [0.25, 0.3) is 0 Å². The van der Waals surface area contributed by atoms with Gasteiger partial charge in [-0.2, -0.15) is 4.98 Å². The van der Waals surface area contributed by atoms with E-state index in [0.717, 1.165) is 12.1 Å². The van der Waals surface area contributed by atoms with Crippen molar-refractivity contribution >= 4 is 5.91 Å². The maximum Gasteiger partial charge on any atom is 0.573 e. The first-order valence-corrected chi connectivity index (χ1v) is 7.21. The monoisotopic (exact) mass is 343 g/mol. The predicted octanol–water partition coefficient (Wildman–Crippen LogP) is 3.06. The van der Waals surface area contributed by atoms with E-state index in [9.17, 15) is 18.0 Å². The topological polar surface area (TPSA) is 77.2 Å². The molecule has 0 bridgehead atoms. The summed E-state index contributed by atoms with van der Waals surface area (Å²) in [6, 6.07) is 4.84. The molecule has 0 fully saturated rings. The predicted molar refractivity (Wildman–Crippen MR) is 77.5 cm³/mol. The Morgan fingerprint density at radius 3 is 2.75 bits per heavy atom. The van der Waals surface area contributed by atoms with E-state index in [1.165, 1.54) is 12.1 Å². The third-order valence-electron chi connectivity index (χ3n) is 2.95. The van der Waals surface area contributed by atoms with Crippen molar-refractivity contribution in [2.75, 3.05) is 6.54 Å². The van der Waals surface area contributed by atoms with E-state index in [1.807, 2.05) is 13.8 Å². The number of carbonyl (C=O) groups excluding carboxylic acids is 1. The number of carbonyl (C=O) groups is 1. The molecule has 0 saturated heterocycles. The van der Waals surface area contributed by atoms with Gasteiger partial charge in [0.05, 0.1) is 0 Å². The summed E-state index contributed by atoms with van der Waals surface area (Å²) in [4.78, 5) is 16.1. The minimum absolute atomic E-state index is 0.0603. The molecule has 6 nitrogen and oxygen atoms in total. The minimum Gasteiger partial charge on any atom is -0.406 e. The second-order valence-electron chi connectivity index (χ2n) is 5.28. The van der Waals surface area contributed by atoms with Crippen LogP contribution in [0.3, 0.4) is 0 Å². The van der Waals surface area contributed by atoms with E-state index in [0.29, 0.717) is 18.1 Å². The lowest BCUT2D eigenvalue weighted by Gasteiger charge is -2.10. The van der Waals surface area contributed by atoms with Crippen molar-refractivity contribution in [2.24, 2.45) is 0 Å². The third kappa shape index (κ3) is 5.25. The molecule has 0 atom stereocenters. The average molecular weight is 343 g/mol. The Kier molecular flexibility index (Phi) is 5.42. The van der Waals surface area contributed by atoms with Crippen molar-refractivity contribution < 1.29 is 27.2 Å². The highest BCUT2D eigenvalue weighted by Crippen LogP contribution is 2.23. The number of benzene rings is 1. The number of hydrogen-bond acceptors (Lipinski definition) is 5. The van der Waals surface area contributed by atoms with E-state index < -0.39 is 18.0 Å². The van der Waals surface area contributed by atoms with Crippen LogP contribution in [0.2, 0.25) is 0 Å². The number of ether oxygens (including phenoxy) is 1. The van der Waals surface area contributed by atoms with Gasteiger partial charge < -0.3 is 14.6 Å². The first kappa shape index (κ1) is 17.8. The Bertz CT molecular complexity index is 699. The van der Waals surface area contributed by atoms with Gasteiger partial charge in [-0.3, -0.25) is 4.79 Å². The Hall–Kier alpha value is -2.58. The molecule has 1 aromatic carbocycles. The lowest BCUT2D eigenvalue weighted by Crippen LogP contribution is -2.26. The van der Waals surface area contributed by atoms with Crippen LogP contribution in [0.4, 0.5) is 13.2 Å². The third-order valence-corrected chi connectivity index (χ3v) is 2.95. The van der Waals surface area contributed by atoms with Crippen LogP contribution in [-0.2, 0) is 6.42 Å². The van der Waals surface area contributed by atoms with Gasteiger partial charge in [-0.05, 0) is 18.2 Å². The zero-order valence-electron chi connectivity index (χ0n) is 13.1. The van der Waals surface area contributed by atoms with Gasteiger partial charge in [-0.15, -0.1) is 13.2 Å². The van der Waals surface area contributed by atoms with E-state index in [-0.39, 0.29) is 18.0 Å². The Balaban J connectivity index is 1.89. The molecule has 1 aromatic heterocycles. The van der Waals surface area contributed by atoms with Crippen molar-refractivity contribution in [1.82, 2.24) is 15.5 Å². The van der Waals surface area contributed by atoms with Gasteiger partial charge in [0.15, 0.2) is 5.82 Å². The summed E-state index contributed by atoms with van der Waals surface area (Å²) in [7, 11) is 0. The molecular formula is C15H16F3N3O3. The fourth-order valence-corrected chi connectivity index (χ4v) is 1.82. The number of nitrogens with zero attached hydrogens (tertiary/aromatic N) is 2. The number of aromatic nitrogens is 2. The first-order chi connectivity index (χ1) is 11.2. The molecule has 1 N–H and O–H groups in total. The SMILES string of the molecule is CC(C)c1noc(CCNC(=O)c2cccc(OC(F)(F)F)c2)n1. The molecule has 0 aliphatic carbocycles. The highest BCUT2D eigenvalue weighted by atomic mass is 19.4. The highest BCUT2D eigenvalue weighted by Gasteiger charge is 2.31. The summed E-state index contributed by atoms with van der Waals surface area (Å²) >= 11 is 0. The van der Waals surface area contributed by atoms with Gasteiger partial charge >= 0.3 is 6.36 Å². The number of amides is 1. The molecule has 2 rings (SSSR count). The fraction of sp³-hybridized carbons (Fsp3) is 0.400. The zero-order chi connectivity index (χ0) is 17.7. The number of nitrogens with one attached hydrogen (secondary N) is 1. The van der Waals surface area contributed by atoms with Gasteiger partial charge in [-0.1, -0.05) is 25.1 Å². The average Bonchev–Trinajstić information content (AvgIpc) is 2.95. The maximum atomic E-state index is 12.2. The number of halogens is 3. The summed E-state index contributed by atoms with van der Waals surface area (Å²) in [5, 5.41) is 6.37. The lowest BCUT2D eigenvalue weighted by molar-refractivity contribution is -0.274. The summed E-state index contributed by atoms with van der Waals surface area (Å²) in [5.41, 5.74) is 0.0603. The maximum absolute atomic E-state index is 12.2. The number of alkyl halides is 3. The summed E-state index contributed by atoms with van der Waals surface area (Å²) in [6.07, 6.45) is -4.48. The Labute approximate surface area is 136 Å². The minimum atomic E-state index is -4.80. The van der Waals surface area contributed by atoms with Gasteiger partial charge in [0, 0.05) is 24.4 Å². The van der Waals surface area contributed by atoms with Crippen molar-refractivity contribution in [2.45, 2.75) is 32.5 Å². The molecule has 24 heavy (non-hydrogen) atoms. The van der Waals surface area contributed by atoms with E-state index in [4.69, 9.17) is 4.52 Å². The lowest BCUT2D eigenvalue weighted by atomic mass is 10.2. The van der Waals surface area contributed by atoms with Crippen LogP contribution in [-0.4, -0.2) is 29.0 Å². The van der Waals surface area contributed by atoms with Crippen molar-refractivity contribution in [1.29, 1.82) is 0 Å². The molecule has 0 aliphatic heterocycles. The van der Waals surface area contributed by atoms with Crippen molar-refractivity contribution in [3.63, 3.8) is 0 Å². The molecule has 2 aromatic rings. The molecular weight excluding hydrogens is 327 g/mol. The standard InChI is InChI=1S/C15H16F3N3O3/c1-9(2)13-20-12(24-21-13)6-7-19-14(22)10-4-3-5-11(8-10)23-15(16,17)18/h3-5,8-9H,6-7H2,1-2H3,(H,19,22). The van der Waals surface area contributed by atoms with E-state index >= 15 is 0 Å². The van der Waals surface area contributed by atoms with Crippen LogP contribution in [0, 0.1) is 0 Å². The number of rotatable bonds is 6. The molecule has 9 heteroatoms. The molecule has 0 aliphatic rings. The number of hydrogen-bond donors (Lipinski definition) is 1. The van der Waals surface area contributed by atoms with Gasteiger partial charge in [-0.25, -0.2) is 0 Å². The van der Waals surface area contributed by atoms with Gasteiger partial charge in [0.1, 0.15) is 5.75 Å². The molecule has 0 radical (unpaired) electrons. The fourth-order valence-electron chi connectivity index (χ4n) is 1.82. The quantitative estimate of drug-likeness (QED) is 0.872. The molecule has 1 heterocycles. The van der Waals surface area contributed by atoms with Crippen LogP contribution in [0.5, 0.6) is 5.75 Å². The second kappa shape index (κ2) is 7.33. The van der Waals surface area contributed by atoms with Crippen LogP contribution >= 0.6 is 0 Å². The largest absolute Gasteiger partial charge is 0.573 e. The summed E-state index contributed by atoms with van der Waals surface area (Å²) in [6.45, 7) is 4.06. The molecule has 0 saturated carbocycles. The smallest absolute Gasteiger partial charge is 0.406 e.